The Morgan fingerprint density at radius 3 is 2.55 bits per heavy atom. The molecule has 0 spiro atoms. The van der Waals surface area contributed by atoms with E-state index in [4.69, 9.17) is 5.73 Å². The van der Waals surface area contributed by atoms with Gasteiger partial charge in [-0.3, -0.25) is 0 Å². The molecule has 0 aliphatic heterocycles. The maximum Gasteiger partial charge on any atom is 0.00660 e. The lowest BCUT2D eigenvalue weighted by molar-refractivity contribution is 0.746. The van der Waals surface area contributed by atoms with Crippen LogP contribution in [0, 0.1) is 13.8 Å². The van der Waals surface area contributed by atoms with E-state index < -0.39 is 0 Å². The second-order valence-corrected chi connectivity index (χ2v) is 4.47. The first-order valence-corrected chi connectivity index (χ1v) is 4.72. The van der Waals surface area contributed by atoms with Crippen molar-refractivity contribution in [3.8, 4) is 0 Å². The molecule has 0 bridgehead atoms. The zero-order valence-corrected chi connectivity index (χ0v) is 8.16. The van der Waals surface area contributed by atoms with Gasteiger partial charge in [0.15, 0.2) is 0 Å². The minimum atomic E-state index is 0.285. The van der Waals surface area contributed by atoms with Gasteiger partial charge in [-0.2, -0.15) is 0 Å². The predicted octanol–water partition coefficient (Wildman–Crippen LogP) is 2.25. The fraction of sp³-hybridized carbons (Fsp3) is 0.556. The number of rotatable bonds is 2. The van der Waals surface area contributed by atoms with Crippen LogP contribution in [0.2, 0.25) is 0 Å². The predicted molar refractivity (Wildman–Crippen MR) is 51.1 cm³/mol. The third kappa shape index (κ3) is 2.31. The topological polar surface area (TPSA) is 26.0 Å². The molecule has 1 nitrogen and oxygen atoms in total. The van der Waals surface area contributed by atoms with Crippen LogP contribution in [0.4, 0.5) is 0 Å². The number of aryl methyl sites for hydroxylation is 2. The molecule has 0 amide bonds. The highest BCUT2D eigenvalue weighted by molar-refractivity contribution is 7.12. The number of hydrogen-bond donors (Lipinski definition) is 1. The zero-order chi connectivity index (χ0) is 8.43. The molecular weight excluding hydrogens is 154 g/mol. The molecule has 2 heteroatoms. The third-order valence-corrected chi connectivity index (χ3v) is 2.92. The first-order valence-electron chi connectivity index (χ1n) is 3.91. The Balaban J connectivity index is 2.73. The fourth-order valence-electron chi connectivity index (χ4n) is 1.07. The van der Waals surface area contributed by atoms with Gasteiger partial charge < -0.3 is 5.73 Å². The van der Waals surface area contributed by atoms with Gasteiger partial charge in [-0.1, -0.05) is 0 Å². The molecule has 0 saturated heterocycles. The fourth-order valence-corrected chi connectivity index (χ4v) is 2.26. The van der Waals surface area contributed by atoms with Crippen LogP contribution in [-0.2, 0) is 6.42 Å². The summed E-state index contributed by atoms with van der Waals surface area (Å²) in [5, 5.41) is 0. The van der Waals surface area contributed by atoms with Gasteiger partial charge in [0.2, 0.25) is 0 Å². The maximum absolute atomic E-state index is 5.69. The summed E-state index contributed by atoms with van der Waals surface area (Å²) in [7, 11) is 0. The van der Waals surface area contributed by atoms with E-state index in [1.807, 2.05) is 18.3 Å². The van der Waals surface area contributed by atoms with Crippen molar-refractivity contribution in [1.29, 1.82) is 0 Å². The Bertz CT molecular complexity index is 218. The molecule has 11 heavy (non-hydrogen) atoms. The second kappa shape index (κ2) is 3.37. The van der Waals surface area contributed by atoms with E-state index in [1.165, 1.54) is 15.3 Å². The molecule has 1 atom stereocenters. The van der Waals surface area contributed by atoms with Crippen LogP contribution in [0.25, 0.3) is 0 Å². The Labute approximate surface area is 72.2 Å². The third-order valence-electron chi connectivity index (χ3n) is 1.74. The standard InChI is InChI=1S/C9H15NS/c1-6-4-9(5-7(2)10)11-8(6)3/h4,7H,5,10H2,1-3H3. The Morgan fingerprint density at radius 2 is 2.18 bits per heavy atom. The average Bonchev–Trinajstić information content (AvgIpc) is 2.10. The lowest BCUT2D eigenvalue weighted by atomic mass is 10.2. The van der Waals surface area contributed by atoms with Gasteiger partial charge in [0.05, 0.1) is 0 Å². The van der Waals surface area contributed by atoms with Crippen molar-refractivity contribution in [3.63, 3.8) is 0 Å². The van der Waals surface area contributed by atoms with Gasteiger partial charge in [-0.15, -0.1) is 11.3 Å². The minimum Gasteiger partial charge on any atom is -0.328 e. The monoisotopic (exact) mass is 169 g/mol. The molecule has 0 fully saturated rings. The molecular formula is C9H15NS. The molecule has 0 radical (unpaired) electrons. The SMILES string of the molecule is Cc1cc(CC(C)N)sc1C. The first kappa shape index (κ1) is 8.75. The van der Waals surface area contributed by atoms with Crippen LogP contribution < -0.4 is 5.73 Å². The van der Waals surface area contributed by atoms with Crippen LogP contribution in [0.1, 0.15) is 22.2 Å². The summed E-state index contributed by atoms with van der Waals surface area (Å²) in [5.41, 5.74) is 7.08. The summed E-state index contributed by atoms with van der Waals surface area (Å²) < 4.78 is 0. The highest BCUT2D eigenvalue weighted by Gasteiger charge is 2.02. The molecule has 0 aromatic carbocycles. The summed E-state index contributed by atoms with van der Waals surface area (Å²) in [6.45, 7) is 6.35. The number of thiophene rings is 1. The van der Waals surface area contributed by atoms with Crippen molar-refractivity contribution >= 4 is 11.3 Å². The molecule has 2 N–H and O–H groups in total. The molecule has 1 aromatic rings. The highest BCUT2D eigenvalue weighted by Crippen LogP contribution is 2.21. The maximum atomic E-state index is 5.69. The van der Waals surface area contributed by atoms with Crippen LogP contribution >= 0.6 is 11.3 Å². The number of hydrogen-bond acceptors (Lipinski definition) is 2. The van der Waals surface area contributed by atoms with E-state index in [0.717, 1.165) is 6.42 Å². The van der Waals surface area contributed by atoms with Crippen LogP contribution in [0.15, 0.2) is 6.07 Å². The van der Waals surface area contributed by atoms with Gasteiger partial charge in [-0.05, 0) is 38.8 Å². The van der Waals surface area contributed by atoms with E-state index in [0.29, 0.717) is 0 Å². The van der Waals surface area contributed by atoms with Gasteiger partial charge in [-0.25, -0.2) is 0 Å². The molecule has 1 aromatic heterocycles. The number of nitrogens with two attached hydrogens (primary N) is 1. The largest absolute Gasteiger partial charge is 0.328 e. The molecule has 0 aliphatic rings. The Morgan fingerprint density at radius 1 is 1.55 bits per heavy atom. The molecule has 0 saturated carbocycles. The van der Waals surface area contributed by atoms with Crippen LogP contribution in [0.5, 0.6) is 0 Å². The quantitative estimate of drug-likeness (QED) is 0.722. The smallest absolute Gasteiger partial charge is 0.00660 e. The van der Waals surface area contributed by atoms with Crippen molar-refractivity contribution in [2.45, 2.75) is 33.2 Å². The highest BCUT2D eigenvalue weighted by atomic mass is 32.1. The molecule has 0 aliphatic carbocycles. The van der Waals surface area contributed by atoms with Crippen molar-refractivity contribution in [3.05, 3.63) is 21.4 Å². The van der Waals surface area contributed by atoms with E-state index >= 15 is 0 Å². The van der Waals surface area contributed by atoms with Gasteiger partial charge in [0.1, 0.15) is 0 Å². The minimum absolute atomic E-state index is 0.285. The molecule has 1 rings (SSSR count). The van der Waals surface area contributed by atoms with E-state index in [1.54, 1.807) is 0 Å². The van der Waals surface area contributed by atoms with E-state index in [9.17, 15) is 0 Å². The summed E-state index contributed by atoms with van der Waals surface area (Å²) in [5.74, 6) is 0. The first-order chi connectivity index (χ1) is 5.09. The van der Waals surface area contributed by atoms with Crippen molar-refractivity contribution in [2.75, 3.05) is 0 Å². The van der Waals surface area contributed by atoms with Gasteiger partial charge >= 0.3 is 0 Å². The summed E-state index contributed by atoms with van der Waals surface area (Å²) in [6.07, 6.45) is 1.01. The summed E-state index contributed by atoms with van der Waals surface area (Å²) in [6, 6.07) is 2.52. The van der Waals surface area contributed by atoms with Crippen LogP contribution in [-0.4, -0.2) is 6.04 Å². The Kier molecular flexibility index (Phi) is 2.68. The molecule has 1 unspecified atom stereocenters. The van der Waals surface area contributed by atoms with Crippen LogP contribution in [0.3, 0.4) is 0 Å². The lowest BCUT2D eigenvalue weighted by Crippen LogP contribution is -2.16. The summed E-state index contributed by atoms with van der Waals surface area (Å²) in [4.78, 5) is 2.83. The van der Waals surface area contributed by atoms with Crippen molar-refractivity contribution in [1.82, 2.24) is 0 Å². The average molecular weight is 169 g/mol. The second-order valence-electron chi connectivity index (χ2n) is 3.13. The van der Waals surface area contributed by atoms with E-state index in [2.05, 4.69) is 19.9 Å². The van der Waals surface area contributed by atoms with Gasteiger partial charge in [0, 0.05) is 15.8 Å². The molecule has 1 heterocycles. The van der Waals surface area contributed by atoms with Gasteiger partial charge in [0.25, 0.3) is 0 Å². The molecule has 62 valence electrons. The van der Waals surface area contributed by atoms with Crippen molar-refractivity contribution < 1.29 is 0 Å². The lowest BCUT2D eigenvalue weighted by Gasteiger charge is -1.99. The summed E-state index contributed by atoms with van der Waals surface area (Å²) >= 11 is 1.86. The van der Waals surface area contributed by atoms with E-state index in [-0.39, 0.29) is 6.04 Å². The zero-order valence-electron chi connectivity index (χ0n) is 7.35. The van der Waals surface area contributed by atoms with Crippen molar-refractivity contribution in [2.24, 2.45) is 5.73 Å². The Hall–Kier alpha value is -0.340. The normalized spacial score (nSPS) is 13.5.